The Hall–Kier alpha value is -7.27. The van der Waals surface area contributed by atoms with Crippen molar-refractivity contribution in [1.82, 2.24) is 15.0 Å². The van der Waals surface area contributed by atoms with E-state index >= 15 is 0 Å². The Morgan fingerprint density at radius 3 is 1.56 bits per heavy atom. The smallest absolute Gasteiger partial charge is 0.165 e. The average Bonchev–Trinajstić information content (AvgIpc) is 3.64. The van der Waals surface area contributed by atoms with Crippen LogP contribution in [0.25, 0.3) is 119 Å². The predicted octanol–water partition coefficient (Wildman–Crippen LogP) is 14.7. The Balaban J connectivity index is 1.19. The number of rotatable bonds is 4. The Morgan fingerprint density at radius 1 is 0.298 bits per heavy atom. The molecule has 0 fully saturated rings. The van der Waals surface area contributed by atoms with Crippen molar-refractivity contribution in [2.75, 3.05) is 0 Å². The van der Waals surface area contributed by atoms with Crippen LogP contribution in [0.5, 0.6) is 0 Å². The summed E-state index contributed by atoms with van der Waals surface area (Å²) in [5, 5.41) is 14.5. The largest absolute Gasteiger partial charge is 0.208 e. The van der Waals surface area contributed by atoms with Gasteiger partial charge in [0.25, 0.3) is 0 Å². The van der Waals surface area contributed by atoms with Crippen LogP contribution < -0.4 is 0 Å². The normalized spacial score (nSPS) is 11.9. The van der Waals surface area contributed by atoms with Gasteiger partial charge in [-0.25, -0.2) is 15.0 Å². The van der Waals surface area contributed by atoms with Crippen molar-refractivity contribution in [2.45, 2.75) is 0 Å². The maximum absolute atomic E-state index is 5.47. The van der Waals surface area contributed by atoms with Gasteiger partial charge in [-0.05, 0) is 77.8 Å². The van der Waals surface area contributed by atoms with Gasteiger partial charge in [0, 0.05) is 42.2 Å². The quantitative estimate of drug-likeness (QED) is 0.169. The molecule has 0 atom stereocenters. The highest BCUT2D eigenvalue weighted by atomic mass is 32.1. The zero-order valence-electron chi connectivity index (χ0n) is 30.6. The maximum Gasteiger partial charge on any atom is 0.165 e. The first-order chi connectivity index (χ1) is 28.2. The molecule has 0 aliphatic rings. The first-order valence-electron chi connectivity index (χ1n) is 19.3. The monoisotopic (exact) mass is 741 g/mol. The van der Waals surface area contributed by atoms with Gasteiger partial charge >= 0.3 is 0 Å². The molecular formula is C53H31N3S. The molecule has 0 radical (unpaired) electrons. The molecule has 3 nitrogen and oxygen atoms in total. The molecule has 12 aromatic rings. The lowest BCUT2D eigenvalue weighted by Gasteiger charge is -2.16. The van der Waals surface area contributed by atoms with Crippen LogP contribution in [-0.4, -0.2) is 15.0 Å². The Labute approximate surface area is 332 Å². The summed E-state index contributed by atoms with van der Waals surface area (Å²) in [6.07, 6.45) is 0. The van der Waals surface area contributed by atoms with Gasteiger partial charge in [-0.1, -0.05) is 170 Å². The molecule has 4 heteroatoms. The molecule has 2 heterocycles. The molecule has 0 saturated heterocycles. The minimum absolute atomic E-state index is 0.642. The zero-order chi connectivity index (χ0) is 37.5. The Bertz CT molecular complexity index is 3560. The third-order valence-corrected chi connectivity index (χ3v) is 12.6. The van der Waals surface area contributed by atoms with E-state index in [9.17, 15) is 0 Å². The molecule has 0 spiro atoms. The predicted molar refractivity (Wildman–Crippen MR) is 242 cm³/mol. The fourth-order valence-electron chi connectivity index (χ4n) is 8.84. The fourth-order valence-corrected chi connectivity index (χ4v) is 10.0. The minimum Gasteiger partial charge on any atom is -0.208 e. The molecule has 0 aliphatic carbocycles. The van der Waals surface area contributed by atoms with E-state index in [0.717, 1.165) is 27.6 Å². The van der Waals surface area contributed by atoms with E-state index in [4.69, 9.17) is 15.0 Å². The first kappa shape index (κ1) is 32.0. The van der Waals surface area contributed by atoms with Crippen molar-refractivity contribution in [3.8, 4) is 45.3 Å². The molecule has 0 saturated carbocycles. The van der Waals surface area contributed by atoms with Crippen LogP contribution in [0.1, 0.15) is 0 Å². The number of thiophene rings is 1. The summed E-state index contributed by atoms with van der Waals surface area (Å²) in [6, 6.07) is 67.4. The molecular weight excluding hydrogens is 711 g/mol. The highest BCUT2D eigenvalue weighted by Gasteiger charge is 2.23. The fraction of sp³-hybridized carbons (Fsp3) is 0. The van der Waals surface area contributed by atoms with Crippen LogP contribution in [-0.2, 0) is 0 Å². The van der Waals surface area contributed by atoms with Crippen LogP contribution >= 0.6 is 11.3 Å². The van der Waals surface area contributed by atoms with Gasteiger partial charge < -0.3 is 0 Å². The second-order valence-corrected chi connectivity index (χ2v) is 15.8. The van der Waals surface area contributed by atoms with Crippen LogP contribution in [0.4, 0.5) is 0 Å². The first-order valence-corrected chi connectivity index (χ1v) is 20.1. The van der Waals surface area contributed by atoms with Crippen LogP contribution in [0, 0.1) is 0 Å². The lowest BCUT2D eigenvalue weighted by Crippen LogP contribution is -2.01. The molecule has 0 amide bonds. The van der Waals surface area contributed by atoms with E-state index in [2.05, 4.69) is 170 Å². The molecule has 0 aliphatic heterocycles. The van der Waals surface area contributed by atoms with Gasteiger partial charge in [-0.3, -0.25) is 0 Å². The number of aromatic nitrogens is 3. The molecule has 0 unspecified atom stereocenters. The topological polar surface area (TPSA) is 38.7 Å². The summed E-state index contributed by atoms with van der Waals surface area (Å²) in [5.74, 6) is 1.96. The number of hydrogen-bond acceptors (Lipinski definition) is 4. The highest BCUT2D eigenvalue weighted by Crippen LogP contribution is 2.49. The SMILES string of the molecule is c1ccc(-c2nc(-c3ccc(-c4cccc5ccccc45)cc3)nc(-c3c4c(cc5c6ccccc6c6ccccc6c35)sc3cc5ccccc5cc34)n2)cc1. The summed E-state index contributed by atoms with van der Waals surface area (Å²) in [5.41, 5.74) is 5.28. The second kappa shape index (κ2) is 12.6. The Kier molecular flexibility index (Phi) is 7.10. The van der Waals surface area contributed by atoms with E-state index < -0.39 is 0 Å². The van der Waals surface area contributed by atoms with Crippen LogP contribution in [0.2, 0.25) is 0 Å². The second-order valence-electron chi connectivity index (χ2n) is 14.7. The van der Waals surface area contributed by atoms with Gasteiger partial charge in [-0.15, -0.1) is 11.3 Å². The van der Waals surface area contributed by atoms with Crippen molar-refractivity contribution in [1.29, 1.82) is 0 Å². The molecule has 12 rings (SSSR count). The summed E-state index contributed by atoms with van der Waals surface area (Å²) in [6.45, 7) is 0. The van der Waals surface area contributed by atoms with Gasteiger partial charge in [0.05, 0.1) is 0 Å². The molecule has 264 valence electrons. The molecule has 57 heavy (non-hydrogen) atoms. The average molecular weight is 742 g/mol. The van der Waals surface area contributed by atoms with Crippen molar-refractivity contribution in [3.63, 3.8) is 0 Å². The number of hydrogen-bond donors (Lipinski definition) is 0. The summed E-state index contributed by atoms with van der Waals surface area (Å²) >= 11 is 1.84. The third kappa shape index (κ3) is 5.08. The van der Waals surface area contributed by atoms with Crippen molar-refractivity contribution < 1.29 is 0 Å². The molecule has 0 N–H and O–H groups in total. The van der Waals surface area contributed by atoms with Gasteiger partial charge in [0.15, 0.2) is 17.5 Å². The Morgan fingerprint density at radius 2 is 0.825 bits per heavy atom. The maximum atomic E-state index is 5.47. The van der Waals surface area contributed by atoms with Gasteiger partial charge in [0.2, 0.25) is 0 Å². The summed E-state index contributed by atoms with van der Waals surface area (Å²) in [4.78, 5) is 16.1. The molecule has 2 aromatic heterocycles. The number of fused-ring (bicyclic) bond motifs is 11. The van der Waals surface area contributed by atoms with Crippen LogP contribution in [0.3, 0.4) is 0 Å². The van der Waals surface area contributed by atoms with E-state index in [1.54, 1.807) is 0 Å². The molecule has 10 aromatic carbocycles. The highest BCUT2D eigenvalue weighted by molar-refractivity contribution is 7.26. The zero-order valence-corrected chi connectivity index (χ0v) is 31.5. The van der Waals surface area contributed by atoms with E-state index in [-0.39, 0.29) is 0 Å². The lowest BCUT2D eigenvalue weighted by atomic mass is 9.89. The van der Waals surface area contributed by atoms with E-state index in [1.165, 1.54) is 74.2 Å². The number of nitrogens with zero attached hydrogens (tertiary/aromatic N) is 3. The number of benzene rings is 10. The van der Waals surface area contributed by atoms with E-state index in [1.807, 2.05) is 29.5 Å². The van der Waals surface area contributed by atoms with E-state index in [0.29, 0.717) is 17.5 Å². The van der Waals surface area contributed by atoms with Crippen LogP contribution in [0.15, 0.2) is 188 Å². The standard InChI is InChI=1S/C53H31N3S/c1-2-14-34(15-3-1)51-54-52(35-27-25-33(26-28-35)39-24-12-18-32-13-6-7-19-38(32)39)56-53(55-51)50-48-43-23-11-10-21-41(43)40-20-8-9-22-42(40)44(48)31-47-49(50)45-29-36-16-4-5-17-37(36)30-46(45)57-47/h1-31H. The van der Waals surface area contributed by atoms with Crippen molar-refractivity contribution in [2.24, 2.45) is 0 Å². The van der Waals surface area contributed by atoms with Crippen molar-refractivity contribution in [3.05, 3.63) is 188 Å². The van der Waals surface area contributed by atoms with Gasteiger partial charge in [0.1, 0.15) is 0 Å². The van der Waals surface area contributed by atoms with Crippen molar-refractivity contribution >= 4 is 85.4 Å². The molecule has 0 bridgehead atoms. The van der Waals surface area contributed by atoms with Gasteiger partial charge in [-0.2, -0.15) is 0 Å². The summed E-state index contributed by atoms with van der Waals surface area (Å²) in [7, 11) is 0. The third-order valence-electron chi connectivity index (χ3n) is 11.5. The minimum atomic E-state index is 0.642. The lowest BCUT2D eigenvalue weighted by molar-refractivity contribution is 1.08. The summed E-state index contributed by atoms with van der Waals surface area (Å²) < 4.78 is 2.46.